The first-order valence-electron chi connectivity index (χ1n) is 15.6. The number of nitrogens with one attached hydrogen (secondary N) is 1. The van der Waals surface area contributed by atoms with Crippen molar-refractivity contribution in [3.05, 3.63) is 0 Å². The first kappa shape index (κ1) is 41.2. The summed E-state index contributed by atoms with van der Waals surface area (Å²) in [5.74, 6) is -0.417. The molecule has 0 aromatic rings. The largest absolute Gasteiger partial charge is 0.394 e. The fourth-order valence-electron chi connectivity index (χ4n) is 5.35. The molecule has 0 unspecified atom stereocenters. The lowest BCUT2D eigenvalue weighted by molar-refractivity contribution is -0.304. The standard InChI is InChI=1S/C28H51NO19/c1-13-18(33)20(35)22(37)27(46-13)43-8-7-41-12-44-24-16(10-31)48-26(39-3)17(29-14(2)32)25(24)45-11-40-5-4-6-42-28-23(38)21(36)19(34)15(9-30)47-28/h13,15-28,30-31,33-38H,4-12H2,1-3H3,(H,29,32)/t13-,15+,16+,17+,18+,19-,20+,21-,22-,23+,24+,25+,26+,27+,28-/m0/s1. The van der Waals surface area contributed by atoms with Gasteiger partial charge in [-0.3, -0.25) is 4.79 Å². The van der Waals surface area contributed by atoms with Gasteiger partial charge in [-0.15, -0.1) is 0 Å². The maximum atomic E-state index is 12.0. The summed E-state index contributed by atoms with van der Waals surface area (Å²) in [4.78, 5) is 12.0. The molecule has 3 aliphatic heterocycles. The van der Waals surface area contributed by atoms with Crippen LogP contribution in [0.15, 0.2) is 0 Å². The van der Waals surface area contributed by atoms with E-state index in [0.29, 0.717) is 6.42 Å². The molecule has 0 spiro atoms. The Bertz CT molecular complexity index is 920. The van der Waals surface area contributed by atoms with Crippen LogP contribution in [-0.4, -0.2) is 199 Å². The third-order valence-electron chi connectivity index (χ3n) is 8.00. The minimum atomic E-state index is -1.56. The molecule has 3 saturated heterocycles. The van der Waals surface area contributed by atoms with Gasteiger partial charge in [-0.2, -0.15) is 0 Å². The molecule has 20 heteroatoms. The van der Waals surface area contributed by atoms with Crippen LogP contribution in [0.25, 0.3) is 0 Å². The molecule has 9 N–H and O–H groups in total. The number of rotatable bonds is 19. The van der Waals surface area contributed by atoms with Crippen LogP contribution in [0.4, 0.5) is 0 Å². The van der Waals surface area contributed by atoms with E-state index in [1.807, 2.05) is 0 Å². The lowest BCUT2D eigenvalue weighted by Crippen LogP contribution is -2.66. The molecule has 0 aliphatic carbocycles. The average molecular weight is 706 g/mol. The summed E-state index contributed by atoms with van der Waals surface area (Å²) in [6.45, 7) is 1.12. The Morgan fingerprint density at radius 1 is 0.646 bits per heavy atom. The van der Waals surface area contributed by atoms with E-state index in [1.165, 1.54) is 21.0 Å². The van der Waals surface area contributed by atoms with Crippen LogP contribution in [0.1, 0.15) is 20.3 Å². The Labute approximate surface area is 277 Å². The molecule has 20 nitrogen and oxygen atoms in total. The summed E-state index contributed by atoms with van der Waals surface area (Å²) < 4.78 is 55.5. The van der Waals surface area contributed by atoms with Crippen molar-refractivity contribution in [3.63, 3.8) is 0 Å². The van der Waals surface area contributed by atoms with Gasteiger partial charge >= 0.3 is 0 Å². The Hall–Kier alpha value is -1.25. The number of aliphatic hydroxyl groups excluding tert-OH is 8. The molecule has 0 aromatic heterocycles. The van der Waals surface area contributed by atoms with E-state index in [4.69, 9.17) is 47.4 Å². The maximum Gasteiger partial charge on any atom is 0.217 e. The van der Waals surface area contributed by atoms with Gasteiger partial charge < -0.3 is 93.5 Å². The van der Waals surface area contributed by atoms with Crippen LogP contribution in [0, 0.1) is 0 Å². The summed E-state index contributed by atoms with van der Waals surface area (Å²) in [6.07, 6.45) is -16.7. The van der Waals surface area contributed by atoms with Crippen LogP contribution in [0.2, 0.25) is 0 Å². The molecule has 0 radical (unpaired) electrons. The second-order valence-corrected chi connectivity index (χ2v) is 11.5. The number of ether oxygens (including phenoxy) is 10. The molecule has 3 fully saturated rings. The van der Waals surface area contributed by atoms with Gasteiger partial charge in [0.15, 0.2) is 18.9 Å². The summed E-state index contributed by atoms with van der Waals surface area (Å²) in [5, 5.41) is 81.7. The first-order valence-corrected chi connectivity index (χ1v) is 15.6. The lowest BCUT2D eigenvalue weighted by Gasteiger charge is -2.45. The molecule has 1 amide bonds. The van der Waals surface area contributed by atoms with Crippen LogP contribution in [0.5, 0.6) is 0 Å². The number of methoxy groups -OCH3 is 1. The number of carbonyl (C=O) groups is 1. The SMILES string of the molecule is CO[C@@H]1O[C@H](CO)[C@@H](OCOCCO[C@@H]2O[C@@H](C)[C@@H](O)[C@@H](O)[C@@H]2O)[C@H](OCOCCCO[C@H]2O[C@H](CO)[C@H](O)[C@H](O)[C@H]2O)[C@H]1NC(C)=O. The van der Waals surface area contributed by atoms with E-state index >= 15 is 0 Å². The highest BCUT2D eigenvalue weighted by atomic mass is 16.7. The molecule has 15 atom stereocenters. The van der Waals surface area contributed by atoms with Crippen LogP contribution < -0.4 is 5.32 Å². The van der Waals surface area contributed by atoms with Crippen molar-refractivity contribution in [2.24, 2.45) is 0 Å². The van der Waals surface area contributed by atoms with E-state index in [9.17, 15) is 45.6 Å². The van der Waals surface area contributed by atoms with Crippen LogP contribution >= 0.6 is 0 Å². The number of carbonyl (C=O) groups excluding carboxylic acids is 1. The second kappa shape index (κ2) is 20.6. The number of amides is 1. The van der Waals surface area contributed by atoms with Crippen molar-refractivity contribution in [1.29, 1.82) is 0 Å². The molecule has 3 rings (SSSR count). The second-order valence-electron chi connectivity index (χ2n) is 11.5. The first-order chi connectivity index (χ1) is 22.9. The number of hydrogen-bond acceptors (Lipinski definition) is 19. The monoisotopic (exact) mass is 705 g/mol. The smallest absolute Gasteiger partial charge is 0.217 e. The molecule has 0 saturated carbocycles. The topological polar surface area (TPSA) is 283 Å². The van der Waals surface area contributed by atoms with Crippen molar-refractivity contribution in [2.45, 2.75) is 112 Å². The number of hydrogen-bond donors (Lipinski definition) is 9. The lowest BCUT2D eigenvalue weighted by atomic mass is 9.96. The molecule has 3 aliphatic rings. The molecule has 0 bridgehead atoms. The van der Waals surface area contributed by atoms with Gasteiger partial charge in [-0.25, -0.2) is 0 Å². The van der Waals surface area contributed by atoms with Gasteiger partial charge in [0.25, 0.3) is 0 Å². The van der Waals surface area contributed by atoms with Gasteiger partial charge in [0, 0.05) is 14.0 Å². The summed E-state index contributed by atoms with van der Waals surface area (Å²) >= 11 is 0. The molecule has 282 valence electrons. The predicted molar refractivity (Wildman–Crippen MR) is 154 cm³/mol. The minimum absolute atomic E-state index is 0.0208. The normalized spacial score (nSPS) is 40.5. The number of aliphatic hydroxyl groups is 8. The average Bonchev–Trinajstić information content (AvgIpc) is 3.07. The van der Waals surface area contributed by atoms with Gasteiger partial charge in [0.2, 0.25) is 5.91 Å². The van der Waals surface area contributed by atoms with Gasteiger partial charge in [-0.05, 0) is 13.3 Å². The van der Waals surface area contributed by atoms with E-state index < -0.39 is 111 Å². The van der Waals surface area contributed by atoms with E-state index in [0.717, 1.165) is 0 Å². The van der Waals surface area contributed by atoms with Crippen molar-refractivity contribution in [3.8, 4) is 0 Å². The van der Waals surface area contributed by atoms with Gasteiger partial charge in [0.05, 0.1) is 45.7 Å². The van der Waals surface area contributed by atoms with Crippen molar-refractivity contribution in [2.75, 3.05) is 60.3 Å². The molecule has 3 heterocycles. The highest BCUT2D eigenvalue weighted by Gasteiger charge is 2.48. The van der Waals surface area contributed by atoms with E-state index in [-0.39, 0.29) is 40.0 Å². The highest BCUT2D eigenvalue weighted by Crippen LogP contribution is 2.27. The highest BCUT2D eigenvalue weighted by molar-refractivity contribution is 5.73. The Balaban J connectivity index is 1.47. The maximum absolute atomic E-state index is 12.0. The van der Waals surface area contributed by atoms with Crippen molar-refractivity contribution < 1.29 is 93.0 Å². The zero-order chi connectivity index (χ0) is 35.4. The third-order valence-corrected chi connectivity index (χ3v) is 8.00. The fraction of sp³-hybridized carbons (Fsp3) is 0.964. The molecule has 0 aromatic carbocycles. The van der Waals surface area contributed by atoms with Crippen LogP contribution in [0.3, 0.4) is 0 Å². The van der Waals surface area contributed by atoms with Crippen molar-refractivity contribution >= 4 is 5.91 Å². The van der Waals surface area contributed by atoms with Crippen LogP contribution in [-0.2, 0) is 52.2 Å². The molecular weight excluding hydrogens is 654 g/mol. The third kappa shape index (κ3) is 11.1. The molecule has 48 heavy (non-hydrogen) atoms. The van der Waals surface area contributed by atoms with E-state index in [1.54, 1.807) is 0 Å². The summed E-state index contributed by atoms with van der Waals surface area (Å²) in [5.41, 5.74) is 0. The zero-order valence-corrected chi connectivity index (χ0v) is 27.1. The van der Waals surface area contributed by atoms with E-state index in [2.05, 4.69) is 5.32 Å². The Morgan fingerprint density at radius 2 is 1.21 bits per heavy atom. The fourth-order valence-corrected chi connectivity index (χ4v) is 5.35. The summed E-state index contributed by atoms with van der Waals surface area (Å²) in [6, 6.07) is -0.893. The minimum Gasteiger partial charge on any atom is -0.394 e. The van der Waals surface area contributed by atoms with Crippen molar-refractivity contribution in [1.82, 2.24) is 5.32 Å². The summed E-state index contributed by atoms with van der Waals surface area (Å²) in [7, 11) is 1.36. The quantitative estimate of drug-likeness (QED) is 0.0448. The van der Waals surface area contributed by atoms with Gasteiger partial charge in [-0.1, -0.05) is 0 Å². The van der Waals surface area contributed by atoms with Gasteiger partial charge in [0.1, 0.15) is 80.7 Å². The molecular formula is C28H51NO19. The predicted octanol–water partition coefficient (Wildman–Crippen LogP) is -5.38. The Morgan fingerprint density at radius 3 is 1.83 bits per heavy atom. The Kier molecular flexibility index (Phi) is 17.6. The zero-order valence-electron chi connectivity index (χ0n) is 27.1.